The zero-order valence-corrected chi connectivity index (χ0v) is 10.1. The number of carbonyl (C=O) groups excluding carboxylic acids is 2. The molecular formula is C12H11FN4O2. The standard InChI is InChI=1S/C12H11FN4O2/c1-17-11(8(6-15-17)10(14)18)16-12(19)7-4-2-3-5-9(7)13/h2-6H,1H3,(H2,14,18)(H,16,19). The molecule has 0 aliphatic carbocycles. The highest BCUT2D eigenvalue weighted by atomic mass is 19.1. The van der Waals surface area contributed by atoms with Crippen LogP contribution < -0.4 is 11.1 Å². The van der Waals surface area contributed by atoms with E-state index in [0.29, 0.717) is 0 Å². The third-order valence-electron chi connectivity index (χ3n) is 2.55. The fourth-order valence-electron chi connectivity index (χ4n) is 1.59. The van der Waals surface area contributed by atoms with Gasteiger partial charge in [0.05, 0.1) is 11.8 Å². The number of amides is 2. The number of halogens is 1. The first-order valence-electron chi connectivity index (χ1n) is 5.38. The predicted octanol–water partition coefficient (Wildman–Crippen LogP) is 0.910. The number of aromatic nitrogens is 2. The maximum atomic E-state index is 13.5. The number of nitrogens with zero attached hydrogens (tertiary/aromatic N) is 2. The molecule has 1 heterocycles. The Balaban J connectivity index is 2.32. The van der Waals surface area contributed by atoms with Gasteiger partial charge in [-0.1, -0.05) is 12.1 Å². The van der Waals surface area contributed by atoms with Gasteiger partial charge in [0.2, 0.25) is 0 Å². The van der Waals surface area contributed by atoms with Gasteiger partial charge in [-0.3, -0.25) is 14.3 Å². The second-order valence-corrected chi connectivity index (χ2v) is 3.83. The molecule has 0 bridgehead atoms. The van der Waals surface area contributed by atoms with Crippen molar-refractivity contribution in [1.82, 2.24) is 9.78 Å². The van der Waals surface area contributed by atoms with Crippen LogP contribution in [-0.2, 0) is 7.05 Å². The molecule has 1 aromatic carbocycles. The average Bonchev–Trinajstić information content (AvgIpc) is 2.71. The smallest absolute Gasteiger partial charge is 0.259 e. The largest absolute Gasteiger partial charge is 0.365 e. The molecule has 2 amide bonds. The van der Waals surface area contributed by atoms with Crippen LogP contribution in [0.3, 0.4) is 0 Å². The maximum absolute atomic E-state index is 13.5. The van der Waals surface area contributed by atoms with E-state index in [1.807, 2.05) is 0 Å². The summed E-state index contributed by atoms with van der Waals surface area (Å²) in [7, 11) is 1.53. The van der Waals surface area contributed by atoms with Gasteiger partial charge in [-0.2, -0.15) is 5.10 Å². The summed E-state index contributed by atoms with van der Waals surface area (Å²) in [6.07, 6.45) is 1.24. The topological polar surface area (TPSA) is 90.0 Å². The third-order valence-corrected chi connectivity index (χ3v) is 2.55. The van der Waals surface area contributed by atoms with Crippen molar-refractivity contribution in [2.45, 2.75) is 0 Å². The molecule has 2 aromatic rings. The van der Waals surface area contributed by atoms with Crippen molar-refractivity contribution in [1.29, 1.82) is 0 Å². The number of hydrogen-bond donors (Lipinski definition) is 2. The van der Waals surface area contributed by atoms with Crippen LogP contribution in [0.5, 0.6) is 0 Å². The van der Waals surface area contributed by atoms with Gasteiger partial charge in [0.15, 0.2) is 0 Å². The van der Waals surface area contributed by atoms with Crippen molar-refractivity contribution in [2.24, 2.45) is 12.8 Å². The van der Waals surface area contributed by atoms with E-state index in [0.717, 1.165) is 0 Å². The molecule has 0 aliphatic rings. The Labute approximate surface area is 108 Å². The number of carbonyl (C=O) groups is 2. The van der Waals surface area contributed by atoms with Gasteiger partial charge in [-0.05, 0) is 12.1 Å². The normalized spacial score (nSPS) is 10.2. The lowest BCUT2D eigenvalue weighted by atomic mass is 10.2. The van der Waals surface area contributed by atoms with Crippen LogP contribution in [0, 0.1) is 5.82 Å². The molecule has 0 spiro atoms. The minimum Gasteiger partial charge on any atom is -0.365 e. The molecule has 0 saturated carbocycles. The number of nitrogens with two attached hydrogens (primary N) is 1. The molecule has 98 valence electrons. The van der Waals surface area contributed by atoms with Crippen LogP contribution in [0.2, 0.25) is 0 Å². The highest BCUT2D eigenvalue weighted by molar-refractivity contribution is 6.08. The minimum atomic E-state index is -0.725. The lowest BCUT2D eigenvalue weighted by Gasteiger charge is -2.07. The minimum absolute atomic E-state index is 0.0622. The first-order valence-corrected chi connectivity index (χ1v) is 5.38. The second kappa shape index (κ2) is 4.89. The highest BCUT2D eigenvalue weighted by Crippen LogP contribution is 2.15. The number of aryl methyl sites for hydroxylation is 1. The summed E-state index contributed by atoms with van der Waals surface area (Å²) in [5.74, 6) is -1.93. The highest BCUT2D eigenvalue weighted by Gasteiger charge is 2.18. The second-order valence-electron chi connectivity index (χ2n) is 3.83. The van der Waals surface area contributed by atoms with E-state index in [4.69, 9.17) is 5.73 Å². The first kappa shape index (κ1) is 12.7. The number of hydrogen-bond acceptors (Lipinski definition) is 3. The van der Waals surface area contributed by atoms with Crippen molar-refractivity contribution in [3.05, 3.63) is 47.4 Å². The van der Waals surface area contributed by atoms with Crippen molar-refractivity contribution in [2.75, 3.05) is 5.32 Å². The van der Waals surface area contributed by atoms with Gasteiger partial charge in [0.1, 0.15) is 17.2 Å². The summed E-state index contributed by atoms with van der Waals surface area (Å²) in [5, 5.41) is 6.23. The van der Waals surface area contributed by atoms with E-state index in [2.05, 4.69) is 10.4 Å². The molecule has 3 N–H and O–H groups in total. The van der Waals surface area contributed by atoms with E-state index >= 15 is 0 Å². The van der Waals surface area contributed by atoms with Gasteiger partial charge in [0, 0.05) is 7.05 Å². The third kappa shape index (κ3) is 2.44. The summed E-state index contributed by atoms with van der Waals surface area (Å²) in [4.78, 5) is 23.1. The molecule has 0 aliphatic heterocycles. The van der Waals surface area contributed by atoms with Gasteiger partial charge in [-0.15, -0.1) is 0 Å². The predicted molar refractivity (Wildman–Crippen MR) is 66.1 cm³/mol. The Kier molecular flexibility index (Phi) is 3.28. The SMILES string of the molecule is Cn1ncc(C(N)=O)c1NC(=O)c1ccccc1F. The Bertz CT molecular complexity index is 651. The summed E-state index contributed by atoms with van der Waals surface area (Å²) in [6, 6.07) is 5.53. The fraction of sp³-hybridized carbons (Fsp3) is 0.0833. The Morgan fingerprint density at radius 2 is 2.00 bits per heavy atom. The molecule has 1 aromatic heterocycles. The Hall–Kier alpha value is -2.70. The number of benzene rings is 1. The zero-order chi connectivity index (χ0) is 14.0. The van der Waals surface area contributed by atoms with Crippen molar-refractivity contribution >= 4 is 17.6 Å². The molecule has 0 radical (unpaired) electrons. The lowest BCUT2D eigenvalue weighted by molar-refractivity contribution is 0.100. The van der Waals surface area contributed by atoms with E-state index in [-0.39, 0.29) is 16.9 Å². The molecule has 2 rings (SSSR count). The molecule has 19 heavy (non-hydrogen) atoms. The summed E-state index contributed by atoms with van der Waals surface area (Å²) < 4.78 is 14.7. The van der Waals surface area contributed by atoms with E-state index < -0.39 is 17.6 Å². The zero-order valence-electron chi connectivity index (χ0n) is 10.1. The van der Waals surface area contributed by atoms with E-state index in [1.165, 1.54) is 42.2 Å². The van der Waals surface area contributed by atoms with Crippen LogP contribution in [0.15, 0.2) is 30.5 Å². The molecule has 0 unspecified atom stereocenters. The average molecular weight is 262 g/mol. The van der Waals surface area contributed by atoms with Gasteiger partial charge in [-0.25, -0.2) is 4.39 Å². The fourth-order valence-corrected chi connectivity index (χ4v) is 1.59. The van der Waals surface area contributed by atoms with Crippen molar-refractivity contribution in [3.8, 4) is 0 Å². The van der Waals surface area contributed by atoms with Crippen LogP contribution in [0.25, 0.3) is 0 Å². The van der Waals surface area contributed by atoms with Gasteiger partial charge in [0.25, 0.3) is 11.8 Å². The maximum Gasteiger partial charge on any atom is 0.259 e. The van der Waals surface area contributed by atoms with Crippen LogP contribution in [0.1, 0.15) is 20.7 Å². The van der Waals surface area contributed by atoms with Crippen LogP contribution in [-0.4, -0.2) is 21.6 Å². The molecule has 0 atom stereocenters. The van der Waals surface area contributed by atoms with Gasteiger partial charge < -0.3 is 11.1 Å². The van der Waals surface area contributed by atoms with Gasteiger partial charge >= 0.3 is 0 Å². The number of nitrogens with one attached hydrogen (secondary N) is 1. The number of primary amides is 1. The molecule has 7 heteroatoms. The Morgan fingerprint density at radius 1 is 1.32 bits per heavy atom. The summed E-state index contributed by atoms with van der Waals surface area (Å²) in [5.41, 5.74) is 5.09. The number of anilines is 1. The van der Waals surface area contributed by atoms with Crippen molar-refractivity contribution < 1.29 is 14.0 Å². The molecular weight excluding hydrogens is 251 g/mol. The number of rotatable bonds is 3. The van der Waals surface area contributed by atoms with E-state index in [9.17, 15) is 14.0 Å². The lowest BCUT2D eigenvalue weighted by Crippen LogP contribution is -2.20. The van der Waals surface area contributed by atoms with Crippen molar-refractivity contribution in [3.63, 3.8) is 0 Å². The van der Waals surface area contributed by atoms with Crippen LogP contribution >= 0.6 is 0 Å². The van der Waals surface area contributed by atoms with Crippen LogP contribution in [0.4, 0.5) is 10.2 Å². The summed E-state index contributed by atoms with van der Waals surface area (Å²) in [6.45, 7) is 0. The quantitative estimate of drug-likeness (QED) is 0.861. The molecule has 0 fully saturated rings. The van der Waals surface area contributed by atoms with E-state index in [1.54, 1.807) is 0 Å². The monoisotopic (exact) mass is 262 g/mol. The molecule has 6 nitrogen and oxygen atoms in total. The Morgan fingerprint density at radius 3 is 2.63 bits per heavy atom. The first-order chi connectivity index (χ1) is 9.00. The molecule has 0 saturated heterocycles. The summed E-state index contributed by atoms with van der Waals surface area (Å²) >= 11 is 0.